The normalized spacial score (nSPS) is 27.2. The minimum absolute atomic E-state index is 0.712. The van der Waals surface area contributed by atoms with Gasteiger partial charge in [-0.05, 0) is 49.6 Å². The number of halogens is 1. The summed E-state index contributed by atoms with van der Waals surface area (Å²) in [5, 5.41) is 4.38. The number of likely N-dealkylation sites (tertiary alicyclic amines) is 1. The van der Waals surface area contributed by atoms with E-state index >= 15 is 0 Å². The molecular weight excluding hydrogens is 260 g/mol. The van der Waals surface area contributed by atoms with Gasteiger partial charge in [-0.25, -0.2) is 0 Å². The number of fused-ring (bicyclic) bond motifs is 1. The lowest BCUT2D eigenvalue weighted by molar-refractivity contribution is 0.232. The largest absolute Gasteiger partial charge is 0.492 e. The van der Waals surface area contributed by atoms with E-state index in [9.17, 15) is 0 Å². The van der Waals surface area contributed by atoms with Gasteiger partial charge in [0.1, 0.15) is 12.4 Å². The molecule has 3 nitrogen and oxygen atoms in total. The highest BCUT2D eigenvalue weighted by Gasteiger charge is 2.33. The molecule has 0 saturated carbocycles. The average molecular weight is 281 g/mol. The van der Waals surface area contributed by atoms with Gasteiger partial charge in [-0.2, -0.15) is 0 Å². The Morgan fingerprint density at radius 2 is 2.11 bits per heavy atom. The van der Waals surface area contributed by atoms with Crippen LogP contribution in [-0.2, 0) is 0 Å². The summed E-state index contributed by atoms with van der Waals surface area (Å²) in [4.78, 5) is 2.52. The standard InChI is InChI=1S/C15H21ClN2O/c16-13-3-5-14(6-4-13)19-9-8-18-10-12-2-1-7-17-15(12)11-18/h3-6,12,15,17H,1-2,7-11H2. The van der Waals surface area contributed by atoms with Crippen molar-refractivity contribution in [2.24, 2.45) is 5.92 Å². The molecule has 0 amide bonds. The van der Waals surface area contributed by atoms with Crippen LogP contribution in [0.4, 0.5) is 0 Å². The molecule has 3 rings (SSSR count). The summed E-state index contributed by atoms with van der Waals surface area (Å²) in [5.74, 6) is 1.75. The van der Waals surface area contributed by atoms with Crippen molar-refractivity contribution in [1.82, 2.24) is 10.2 Å². The zero-order chi connectivity index (χ0) is 13.1. The van der Waals surface area contributed by atoms with Gasteiger partial charge in [0.25, 0.3) is 0 Å². The number of ether oxygens (including phenoxy) is 1. The first kappa shape index (κ1) is 13.2. The van der Waals surface area contributed by atoms with E-state index in [0.29, 0.717) is 6.04 Å². The Morgan fingerprint density at radius 3 is 2.89 bits per heavy atom. The quantitative estimate of drug-likeness (QED) is 0.917. The topological polar surface area (TPSA) is 24.5 Å². The fourth-order valence-corrected chi connectivity index (χ4v) is 3.27. The van der Waals surface area contributed by atoms with Crippen LogP contribution in [0, 0.1) is 5.92 Å². The lowest BCUT2D eigenvalue weighted by Crippen LogP contribution is -2.40. The molecule has 0 aromatic heterocycles. The number of rotatable bonds is 4. The van der Waals surface area contributed by atoms with Gasteiger partial charge in [-0.3, -0.25) is 4.90 Å². The smallest absolute Gasteiger partial charge is 0.119 e. The molecule has 2 saturated heterocycles. The molecule has 2 unspecified atom stereocenters. The second-order valence-electron chi connectivity index (χ2n) is 5.52. The Kier molecular flexibility index (Phi) is 4.26. The Hall–Kier alpha value is -0.770. The van der Waals surface area contributed by atoms with Gasteiger partial charge in [-0.1, -0.05) is 11.6 Å². The molecule has 0 radical (unpaired) electrons. The summed E-state index contributed by atoms with van der Waals surface area (Å²) in [6.07, 6.45) is 2.71. The number of benzene rings is 1. The fourth-order valence-electron chi connectivity index (χ4n) is 3.14. The predicted octanol–water partition coefficient (Wildman–Crippen LogP) is 2.40. The summed E-state index contributed by atoms with van der Waals surface area (Å²) >= 11 is 5.85. The molecule has 0 spiro atoms. The molecule has 1 aromatic rings. The van der Waals surface area contributed by atoms with Gasteiger partial charge in [0, 0.05) is 30.7 Å². The SMILES string of the molecule is Clc1ccc(OCCN2CC3CCCNC3C2)cc1. The van der Waals surface area contributed by atoms with E-state index in [0.717, 1.165) is 29.8 Å². The van der Waals surface area contributed by atoms with E-state index in [1.165, 1.54) is 32.5 Å². The molecular formula is C15H21ClN2O. The minimum Gasteiger partial charge on any atom is -0.492 e. The van der Waals surface area contributed by atoms with Crippen molar-refractivity contribution in [3.63, 3.8) is 0 Å². The van der Waals surface area contributed by atoms with Crippen LogP contribution in [0.25, 0.3) is 0 Å². The second-order valence-corrected chi connectivity index (χ2v) is 5.96. The lowest BCUT2D eigenvalue weighted by Gasteiger charge is -2.24. The Bertz CT molecular complexity index is 395. The number of piperidine rings is 1. The zero-order valence-electron chi connectivity index (χ0n) is 11.1. The molecule has 2 aliphatic heterocycles. The summed E-state index contributed by atoms with van der Waals surface area (Å²) in [6.45, 7) is 5.35. The minimum atomic E-state index is 0.712. The van der Waals surface area contributed by atoms with Crippen LogP contribution >= 0.6 is 11.6 Å². The van der Waals surface area contributed by atoms with E-state index in [2.05, 4.69) is 10.2 Å². The first-order chi connectivity index (χ1) is 9.31. The third-order valence-corrected chi connectivity index (χ3v) is 4.42. The number of nitrogens with one attached hydrogen (secondary N) is 1. The highest BCUT2D eigenvalue weighted by atomic mass is 35.5. The van der Waals surface area contributed by atoms with Crippen LogP contribution in [0.2, 0.25) is 5.02 Å². The van der Waals surface area contributed by atoms with Gasteiger partial charge in [-0.15, -0.1) is 0 Å². The highest BCUT2D eigenvalue weighted by Crippen LogP contribution is 2.24. The van der Waals surface area contributed by atoms with Crippen molar-refractivity contribution in [3.8, 4) is 5.75 Å². The van der Waals surface area contributed by atoms with Crippen molar-refractivity contribution in [2.75, 3.05) is 32.8 Å². The second kappa shape index (κ2) is 6.12. The van der Waals surface area contributed by atoms with Crippen LogP contribution < -0.4 is 10.1 Å². The van der Waals surface area contributed by atoms with Crippen molar-refractivity contribution < 1.29 is 4.74 Å². The summed E-state index contributed by atoms with van der Waals surface area (Å²) in [6, 6.07) is 8.29. The summed E-state index contributed by atoms with van der Waals surface area (Å²) in [5.41, 5.74) is 0. The van der Waals surface area contributed by atoms with Crippen molar-refractivity contribution >= 4 is 11.6 Å². The maximum absolute atomic E-state index is 5.85. The molecule has 0 aliphatic carbocycles. The molecule has 1 N–H and O–H groups in total. The van der Waals surface area contributed by atoms with E-state index < -0.39 is 0 Å². The summed E-state index contributed by atoms with van der Waals surface area (Å²) in [7, 11) is 0. The third kappa shape index (κ3) is 3.41. The summed E-state index contributed by atoms with van der Waals surface area (Å²) < 4.78 is 5.76. The molecule has 19 heavy (non-hydrogen) atoms. The molecule has 2 heterocycles. The van der Waals surface area contributed by atoms with Crippen LogP contribution in [0.3, 0.4) is 0 Å². The molecule has 2 fully saturated rings. The van der Waals surface area contributed by atoms with E-state index in [1.54, 1.807) is 0 Å². The molecule has 0 bridgehead atoms. The highest BCUT2D eigenvalue weighted by molar-refractivity contribution is 6.30. The molecule has 4 heteroatoms. The van der Waals surface area contributed by atoms with Crippen molar-refractivity contribution in [3.05, 3.63) is 29.3 Å². The van der Waals surface area contributed by atoms with E-state index in [4.69, 9.17) is 16.3 Å². The first-order valence-electron chi connectivity index (χ1n) is 7.15. The van der Waals surface area contributed by atoms with Gasteiger partial charge < -0.3 is 10.1 Å². The maximum Gasteiger partial charge on any atom is 0.119 e. The zero-order valence-corrected chi connectivity index (χ0v) is 11.9. The van der Waals surface area contributed by atoms with Crippen LogP contribution in [0.15, 0.2) is 24.3 Å². The molecule has 2 aliphatic rings. The van der Waals surface area contributed by atoms with Crippen molar-refractivity contribution in [1.29, 1.82) is 0 Å². The fraction of sp³-hybridized carbons (Fsp3) is 0.600. The van der Waals surface area contributed by atoms with E-state index in [1.807, 2.05) is 24.3 Å². The van der Waals surface area contributed by atoms with Gasteiger partial charge in [0.05, 0.1) is 0 Å². The maximum atomic E-state index is 5.85. The first-order valence-corrected chi connectivity index (χ1v) is 7.53. The number of nitrogens with zero attached hydrogens (tertiary/aromatic N) is 1. The lowest BCUT2D eigenvalue weighted by atomic mass is 9.94. The van der Waals surface area contributed by atoms with Gasteiger partial charge in [0.2, 0.25) is 0 Å². The number of hydrogen-bond acceptors (Lipinski definition) is 3. The Balaban J connectivity index is 1.42. The number of hydrogen-bond donors (Lipinski definition) is 1. The van der Waals surface area contributed by atoms with E-state index in [-0.39, 0.29) is 0 Å². The molecule has 104 valence electrons. The van der Waals surface area contributed by atoms with Gasteiger partial charge in [0.15, 0.2) is 0 Å². The Morgan fingerprint density at radius 1 is 1.26 bits per heavy atom. The Labute approximate surface area is 119 Å². The van der Waals surface area contributed by atoms with Gasteiger partial charge >= 0.3 is 0 Å². The van der Waals surface area contributed by atoms with Crippen LogP contribution in [0.5, 0.6) is 5.75 Å². The third-order valence-electron chi connectivity index (χ3n) is 4.16. The van der Waals surface area contributed by atoms with Crippen LogP contribution in [-0.4, -0.2) is 43.7 Å². The monoisotopic (exact) mass is 280 g/mol. The predicted molar refractivity (Wildman–Crippen MR) is 77.9 cm³/mol. The van der Waals surface area contributed by atoms with Crippen LogP contribution in [0.1, 0.15) is 12.8 Å². The average Bonchev–Trinajstić information content (AvgIpc) is 2.83. The van der Waals surface area contributed by atoms with Crippen molar-refractivity contribution in [2.45, 2.75) is 18.9 Å². The molecule has 2 atom stereocenters. The molecule has 1 aromatic carbocycles.